The van der Waals surface area contributed by atoms with Crippen LogP contribution >= 0.6 is 0 Å². The standard InChI is InChI=1S/C11H14N8/c1-3-6-15-7(4-2)19(18-6)10-8-9(14-5-13-8)16-11(12)17-10/h5H,3-4H2,1-2H3,(H3,12,13,14,16,17). The maximum atomic E-state index is 5.71. The van der Waals surface area contributed by atoms with E-state index in [2.05, 4.69) is 30.0 Å². The maximum Gasteiger partial charge on any atom is 0.224 e. The first-order valence-corrected chi connectivity index (χ1v) is 6.14. The number of nitrogens with two attached hydrogens (primary N) is 1. The Morgan fingerprint density at radius 1 is 1.21 bits per heavy atom. The van der Waals surface area contributed by atoms with Crippen molar-refractivity contribution in [3.8, 4) is 5.82 Å². The molecule has 0 saturated carbocycles. The van der Waals surface area contributed by atoms with Crippen molar-refractivity contribution in [3.05, 3.63) is 18.0 Å². The zero-order valence-corrected chi connectivity index (χ0v) is 10.8. The second-order valence-corrected chi connectivity index (χ2v) is 4.07. The van der Waals surface area contributed by atoms with Gasteiger partial charge in [-0.1, -0.05) is 13.8 Å². The van der Waals surface area contributed by atoms with Gasteiger partial charge in [0, 0.05) is 12.8 Å². The Balaban J connectivity index is 2.28. The molecule has 0 unspecified atom stereocenters. The van der Waals surface area contributed by atoms with E-state index in [1.54, 1.807) is 11.0 Å². The lowest BCUT2D eigenvalue weighted by Gasteiger charge is -2.04. The Morgan fingerprint density at radius 3 is 2.79 bits per heavy atom. The van der Waals surface area contributed by atoms with E-state index in [-0.39, 0.29) is 5.95 Å². The number of imidazole rings is 1. The number of aromatic amines is 1. The third kappa shape index (κ3) is 1.81. The van der Waals surface area contributed by atoms with Crippen molar-refractivity contribution in [2.45, 2.75) is 26.7 Å². The largest absolute Gasteiger partial charge is 0.368 e. The van der Waals surface area contributed by atoms with E-state index >= 15 is 0 Å². The third-order valence-electron chi connectivity index (χ3n) is 2.83. The SMILES string of the molecule is CCc1nc(CC)n(-c2nc(N)nc3nc[nH]c23)n1. The number of nitrogens with zero attached hydrogens (tertiary/aromatic N) is 6. The van der Waals surface area contributed by atoms with E-state index in [1.807, 2.05) is 13.8 Å². The van der Waals surface area contributed by atoms with E-state index in [4.69, 9.17) is 5.73 Å². The van der Waals surface area contributed by atoms with Gasteiger partial charge in [0.05, 0.1) is 6.33 Å². The summed E-state index contributed by atoms with van der Waals surface area (Å²) in [5.41, 5.74) is 6.95. The molecule has 0 fully saturated rings. The Kier molecular flexibility index (Phi) is 2.62. The molecule has 0 amide bonds. The van der Waals surface area contributed by atoms with Gasteiger partial charge in [-0.3, -0.25) is 0 Å². The van der Waals surface area contributed by atoms with Crippen LogP contribution in [0.2, 0.25) is 0 Å². The molecule has 8 heteroatoms. The molecule has 19 heavy (non-hydrogen) atoms. The van der Waals surface area contributed by atoms with Gasteiger partial charge >= 0.3 is 0 Å². The maximum absolute atomic E-state index is 5.71. The Labute approximate surface area is 109 Å². The first kappa shape index (κ1) is 11.6. The quantitative estimate of drug-likeness (QED) is 0.713. The van der Waals surface area contributed by atoms with E-state index in [0.29, 0.717) is 17.0 Å². The monoisotopic (exact) mass is 258 g/mol. The van der Waals surface area contributed by atoms with Crippen LogP contribution in [0.25, 0.3) is 17.0 Å². The van der Waals surface area contributed by atoms with Crippen molar-refractivity contribution in [1.29, 1.82) is 0 Å². The number of hydrogen-bond acceptors (Lipinski definition) is 6. The van der Waals surface area contributed by atoms with Crippen molar-refractivity contribution in [1.82, 2.24) is 34.7 Å². The minimum Gasteiger partial charge on any atom is -0.368 e. The summed E-state index contributed by atoms with van der Waals surface area (Å²) in [4.78, 5) is 19.9. The molecular formula is C11H14N8. The molecule has 0 aliphatic heterocycles. The minimum atomic E-state index is 0.171. The normalized spacial score (nSPS) is 11.3. The number of fused-ring (bicyclic) bond motifs is 1. The summed E-state index contributed by atoms with van der Waals surface area (Å²) < 4.78 is 1.71. The summed E-state index contributed by atoms with van der Waals surface area (Å²) >= 11 is 0. The predicted octanol–water partition coefficient (Wildman–Crippen LogP) is 0.641. The number of anilines is 1. The van der Waals surface area contributed by atoms with Crippen LogP contribution in [0.1, 0.15) is 25.5 Å². The predicted molar refractivity (Wildman–Crippen MR) is 69.8 cm³/mol. The highest BCUT2D eigenvalue weighted by atomic mass is 15.4. The fourth-order valence-electron chi connectivity index (χ4n) is 1.93. The van der Waals surface area contributed by atoms with Crippen LogP contribution < -0.4 is 5.73 Å². The molecule has 0 aliphatic carbocycles. The molecule has 3 aromatic rings. The summed E-state index contributed by atoms with van der Waals surface area (Å²) in [5, 5.41) is 4.45. The highest BCUT2D eigenvalue weighted by Gasteiger charge is 2.16. The average molecular weight is 258 g/mol. The molecule has 0 saturated heterocycles. The summed E-state index contributed by atoms with van der Waals surface area (Å²) in [6, 6.07) is 0. The van der Waals surface area contributed by atoms with E-state index in [9.17, 15) is 0 Å². The highest BCUT2D eigenvalue weighted by molar-refractivity contribution is 5.78. The highest BCUT2D eigenvalue weighted by Crippen LogP contribution is 2.18. The van der Waals surface area contributed by atoms with Crippen LogP contribution in [0, 0.1) is 0 Å². The number of hydrogen-bond donors (Lipinski definition) is 2. The fourth-order valence-corrected chi connectivity index (χ4v) is 1.93. The molecule has 3 rings (SSSR count). The lowest BCUT2D eigenvalue weighted by molar-refractivity contribution is 0.773. The van der Waals surface area contributed by atoms with Crippen molar-refractivity contribution in [3.63, 3.8) is 0 Å². The van der Waals surface area contributed by atoms with Crippen LogP contribution in [-0.4, -0.2) is 34.7 Å². The van der Waals surface area contributed by atoms with Crippen molar-refractivity contribution >= 4 is 17.1 Å². The van der Waals surface area contributed by atoms with Crippen molar-refractivity contribution in [2.75, 3.05) is 5.73 Å². The third-order valence-corrected chi connectivity index (χ3v) is 2.83. The second kappa shape index (κ2) is 4.30. The molecule has 3 aromatic heterocycles. The van der Waals surface area contributed by atoms with E-state index in [0.717, 1.165) is 24.5 Å². The Hall–Kier alpha value is -2.51. The van der Waals surface area contributed by atoms with Gasteiger partial charge in [-0.05, 0) is 0 Å². The van der Waals surface area contributed by atoms with Gasteiger partial charge < -0.3 is 10.7 Å². The first-order chi connectivity index (χ1) is 9.22. The number of nitrogens with one attached hydrogen (secondary N) is 1. The Bertz CT molecular complexity index is 725. The van der Waals surface area contributed by atoms with Crippen LogP contribution in [0.3, 0.4) is 0 Å². The minimum absolute atomic E-state index is 0.171. The summed E-state index contributed by atoms with van der Waals surface area (Å²) in [5.74, 6) is 2.38. The van der Waals surface area contributed by atoms with Crippen LogP contribution in [0.5, 0.6) is 0 Å². The molecule has 0 aromatic carbocycles. The van der Waals surface area contributed by atoms with Gasteiger partial charge in [-0.25, -0.2) is 9.97 Å². The van der Waals surface area contributed by atoms with Crippen LogP contribution in [-0.2, 0) is 12.8 Å². The number of H-pyrrole nitrogens is 1. The molecular weight excluding hydrogens is 244 g/mol. The number of aromatic nitrogens is 7. The van der Waals surface area contributed by atoms with Gasteiger partial charge in [0.25, 0.3) is 0 Å². The lowest BCUT2D eigenvalue weighted by atomic mass is 10.4. The molecule has 8 nitrogen and oxygen atoms in total. The number of rotatable bonds is 3. The van der Waals surface area contributed by atoms with Crippen LogP contribution in [0.4, 0.5) is 5.95 Å². The fraction of sp³-hybridized carbons (Fsp3) is 0.364. The zero-order valence-electron chi connectivity index (χ0n) is 10.8. The lowest BCUT2D eigenvalue weighted by Crippen LogP contribution is -2.08. The van der Waals surface area contributed by atoms with Crippen LogP contribution in [0.15, 0.2) is 6.33 Å². The van der Waals surface area contributed by atoms with Crippen molar-refractivity contribution < 1.29 is 0 Å². The molecule has 0 bridgehead atoms. The van der Waals surface area contributed by atoms with E-state index < -0.39 is 0 Å². The van der Waals surface area contributed by atoms with Gasteiger partial charge in [-0.2, -0.15) is 14.6 Å². The molecule has 3 N–H and O–H groups in total. The average Bonchev–Trinajstić information content (AvgIpc) is 3.03. The summed E-state index contributed by atoms with van der Waals surface area (Å²) in [7, 11) is 0. The number of aryl methyl sites for hydroxylation is 2. The zero-order chi connectivity index (χ0) is 13.4. The molecule has 0 aliphatic rings. The van der Waals surface area contributed by atoms with Gasteiger partial charge in [0.1, 0.15) is 11.3 Å². The molecule has 98 valence electrons. The smallest absolute Gasteiger partial charge is 0.224 e. The van der Waals surface area contributed by atoms with Gasteiger partial charge in [0.2, 0.25) is 5.95 Å². The topological polar surface area (TPSA) is 111 Å². The molecule has 0 atom stereocenters. The molecule has 0 radical (unpaired) electrons. The molecule has 3 heterocycles. The van der Waals surface area contributed by atoms with Gasteiger partial charge in [0.15, 0.2) is 17.3 Å². The second-order valence-electron chi connectivity index (χ2n) is 4.07. The molecule has 0 spiro atoms. The Morgan fingerprint density at radius 2 is 2.05 bits per heavy atom. The summed E-state index contributed by atoms with van der Waals surface area (Å²) in [6.45, 7) is 4.04. The van der Waals surface area contributed by atoms with Gasteiger partial charge in [-0.15, -0.1) is 5.10 Å². The van der Waals surface area contributed by atoms with Crippen molar-refractivity contribution in [2.24, 2.45) is 0 Å². The number of nitrogen functional groups attached to an aromatic ring is 1. The first-order valence-electron chi connectivity index (χ1n) is 6.14. The summed E-state index contributed by atoms with van der Waals surface area (Å²) in [6.07, 6.45) is 3.09. The van der Waals surface area contributed by atoms with E-state index in [1.165, 1.54) is 0 Å².